The average molecular weight is 264 g/mol. The number of carbonyl (C=O) groups excluding carboxylic acids is 1. The fraction of sp³-hybridized carbons (Fsp3) is 0.300. The van der Waals surface area contributed by atoms with Crippen molar-refractivity contribution in [3.05, 3.63) is 18.2 Å². The van der Waals surface area contributed by atoms with Crippen molar-refractivity contribution in [2.45, 2.75) is 6.18 Å². The number of halogens is 3. The Morgan fingerprint density at radius 3 is 2.67 bits per heavy atom. The van der Waals surface area contributed by atoms with Crippen LogP contribution in [-0.4, -0.2) is 30.4 Å². The molecule has 0 radical (unpaired) electrons. The Bertz CT molecular complexity index is 435. The van der Waals surface area contributed by atoms with Crippen LogP contribution in [-0.2, 0) is 9.53 Å². The van der Waals surface area contributed by atoms with Gasteiger partial charge in [0, 0.05) is 6.07 Å². The maximum absolute atomic E-state index is 11.7. The molecular formula is C10H11F3N2O3. The molecule has 18 heavy (non-hydrogen) atoms. The van der Waals surface area contributed by atoms with Crippen LogP contribution in [0.25, 0.3) is 0 Å². The molecule has 1 rings (SSSR count). The van der Waals surface area contributed by atoms with Crippen molar-refractivity contribution in [3.63, 3.8) is 0 Å². The fourth-order valence-corrected chi connectivity index (χ4v) is 1.11. The maximum atomic E-state index is 11.7. The van der Waals surface area contributed by atoms with Gasteiger partial charge in [0.2, 0.25) is 5.91 Å². The van der Waals surface area contributed by atoms with Gasteiger partial charge in [0.15, 0.2) is 0 Å². The Kier molecular flexibility index (Phi) is 4.38. The molecule has 0 unspecified atom stereocenters. The number of anilines is 2. The Morgan fingerprint density at radius 1 is 1.44 bits per heavy atom. The van der Waals surface area contributed by atoms with Crippen LogP contribution in [0.15, 0.2) is 18.2 Å². The Balaban J connectivity index is 2.45. The van der Waals surface area contributed by atoms with E-state index in [1.807, 2.05) is 0 Å². The lowest BCUT2D eigenvalue weighted by molar-refractivity contribution is -0.174. The van der Waals surface area contributed by atoms with Gasteiger partial charge in [0.25, 0.3) is 0 Å². The molecule has 0 heterocycles. The van der Waals surface area contributed by atoms with Crippen LogP contribution in [0.1, 0.15) is 0 Å². The molecule has 0 bridgehead atoms. The predicted molar refractivity (Wildman–Crippen MR) is 58.0 cm³/mol. The highest BCUT2D eigenvalue weighted by atomic mass is 19.4. The Morgan fingerprint density at radius 2 is 2.11 bits per heavy atom. The van der Waals surface area contributed by atoms with Crippen molar-refractivity contribution in [1.82, 2.24) is 0 Å². The van der Waals surface area contributed by atoms with Gasteiger partial charge in [-0.3, -0.25) is 4.79 Å². The van der Waals surface area contributed by atoms with E-state index < -0.39 is 25.3 Å². The molecule has 0 spiro atoms. The lowest BCUT2D eigenvalue weighted by Gasteiger charge is -2.10. The third kappa shape index (κ3) is 4.91. The van der Waals surface area contributed by atoms with E-state index in [0.29, 0.717) is 0 Å². The summed E-state index contributed by atoms with van der Waals surface area (Å²) in [5.74, 6) is -0.851. The largest absolute Gasteiger partial charge is 0.508 e. The first-order valence-electron chi connectivity index (χ1n) is 4.81. The van der Waals surface area contributed by atoms with E-state index in [1.165, 1.54) is 18.2 Å². The maximum Gasteiger partial charge on any atom is 0.411 e. The van der Waals surface area contributed by atoms with E-state index in [-0.39, 0.29) is 17.1 Å². The van der Waals surface area contributed by atoms with Gasteiger partial charge in [0.05, 0.1) is 11.4 Å². The summed E-state index contributed by atoms with van der Waals surface area (Å²) in [7, 11) is 0. The van der Waals surface area contributed by atoms with Crippen LogP contribution in [0.2, 0.25) is 0 Å². The van der Waals surface area contributed by atoms with Crippen molar-refractivity contribution in [2.75, 3.05) is 24.3 Å². The summed E-state index contributed by atoms with van der Waals surface area (Å²) in [6, 6.07) is 3.81. The summed E-state index contributed by atoms with van der Waals surface area (Å²) in [5.41, 5.74) is 5.76. The zero-order valence-corrected chi connectivity index (χ0v) is 9.12. The molecule has 0 aliphatic rings. The molecule has 100 valence electrons. The van der Waals surface area contributed by atoms with Gasteiger partial charge < -0.3 is 20.9 Å². The van der Waals surface area contributed by atoms with Crippen molar-refractivity contribution >= 4 is 17.3 Å². The predicted octanol–water partition coefficient (Wildman–Crippen LogP) is 1.49. The molecule has 1 amide bonds. The minimum absolute atomic E-state index is 0.0844. The number of hydrogen-bond acceptors (Lipinski definition) is 4. The first kappa shape index (κ1) is 14.1. The number of phenolic OH excluding ortho intramolecular Hbond substituents is 1. The van der Waals surface area contributed by atoms with E-state index in [4.69, 9.17) is 10.8 Å². The Labute approximate surface area is 100 Å². The van der Waals surface area contributed by atoms with Crippen molar-refractivity contribution < 1.29 is 27.8 Å². The summed E-state index contributed by atoms with van der Waals surface area (Å²) in [6.07, 6.45) is -4.47. The molecule has 0 fully saturated rings. The topological polar surface area (TPSA) is 84.6 Å². The molecule has 0 aromatic heterocycles. The van der Waals surface area contributed by atoms with E-state index in [0.717, 1.165) is 0 Å². The summed E-state index contributed by atoms with van der Waals surface area (Å²) in [5, 5.41) is 11.3. The summed E-state index contributed by atoms with van der Waals surface area (Å²) in [4.78, 5) is 11.2. The summed E-state index contributed by atoms with van der Waals surface area (Å²) < 4.78 is 39.4. The van der Waals surface area contributed by atoms with E-state index in [9.17, 15) is 18.0 Å². The van der Waals surface area contributed by atoms with E-state index in [2.05, 4.69) is 10.1 Å². The van der Waals surface area contributed by atoms with Crippen LogP contribution in [0.5, 0.6) is 5.75 Å². The summed E-state index contributed by atoms with van der Waals surface area (Å²) in [6.45, 7) is -2.23. The number of carbonyl (C=O) groups is 1. The molecular weight excluding hydrogens is 253 g/mol. The number of nitrogen functional groups attached to an aromatic ring is 1. The molecule has 1 aromatic rings. The van der Waals surface area contributed by atoms with Crippen LogP contribution >= 0.6 is 0 Å². The third-order valence-electron chi connectivity index (χ3n) is 1.81. The van der Waals surface area contributed by atoms with Crippen LogP contribution in [0.4, 0.5) is 24.5 Å². The fourth-order valence-electron chi connectivity index (χ4n) is 1.11. The highest BCUT2D eigenvalue weighted by Crippen LogP contribution is 2.23. The zero-order chi connectivity index (χ0) is 13.8. The first-order valence-corrected chi connectivity index (χ1v) is 4.81. The number of amides is 1. The van der Waals surface area contributed by atoms with Crippen LogP contribution in [0, 0.1) is 0 Å². The zero-order valence-electron chi connectivity index (χ0n) is 9.12. The lowest BCUT2D eigenvalue weighted by atomic mass is 10.2. The lowest BCUT2D eigenvalue weighted by Crippen LogP contribution is -2.24. The number of hydrogen-bond donors (Lipinski definition) is 3. The molecule has 0 saturated heterocycles. The number of nitrogens with two attached hydrogens (primary N) is 1. The second kappa shape index (κ2) is 5.58. The Hall–Kier alpha value is -1.96. The van der Waals surface area contributed by atoms with Gasteiger partial charge in [-0.2, -0.15) is 13.2 Å². The number of nitrogens with one attached hydrogen (secondary N) is 1. The number of benzene rings is 1. The molecule has 0 aliphatic carbocycles. The highest BCUT2D eigenvalue weighted by molar-refractivity contribution is 5.94. The number of phenols is 1. The molecule has 0 atom stereocenters. The monoisotopic (exact) mass is 264 g/mol. The minimum Gasteiger partial charge on any atom is -0.508 e. The molecule has 0 saturated carbocycles. The van der Waals surface area contributed by atoms with E-state index >= 15 is 0 Å². The molecule has 4 N–H and O–H groups in total. The first-order chi connectivity index (χ1) is 8.28. The van der Waals surface area contributed by atoms with Crippen LogP contribution < -0.4 is 11.1 Å². The second-order valence-electron chi connectivity index (χ2n) is 3.43. The SMILES string of the molecule is Nc1cc(O)ccc1NC(=O)COCC(F)(F)F. The van der Waals surface area contributed by atoms with Gasteiger partial charge in [0.1, 0.15) is 19.0 Å². The van der Waals surface area contributed by atoms with Gasteiger partial charge in [-0.15, -0.1) is 0 Å². The normalized spacial score (nSPS) is 11.3. The number of ether oxygens (including phenoxy) is 1. The van der Waals surface area contributed by atoms with Gasteiger partial charge in [-0.05, 0) is 12.1 Å². The molecule has 8 heteroatoms. The number of aromatic hydroxyl groups is 1. The molecule has 5 nitrogen and oxygen atoms in total. The minimum atomic E-state index is -4.47. The average Bonchev–Trinajstić information content (AvgIpc) is 2.20. The third-order valence-corrected chi connectivity index (χ3v) is 1.81. The highest BCUT2D eigenvalue weighted by Gasteiger charge is 2.27. The second-order valence-corrected chi connectivity index (χ2v) is 3.43. The van der Waals surface area contributed by atoms with Crippen LogP contribution in [0.3, 0.4) is 0 Å². The molecule has 1 aromatic carbocycles. The van der Waals surface area contributed by atoms with Gasteiger partial charge in [-0.1, -0.05) is 0 Å². The van der Waals surface area contributed by atoms with Crippen molar-refractivity contribution in [2.24, 2.45) is 0 Å². The van der Waals surface area contributed by atoms with Gasteiger partial charge >= 0.3 is 6.18 Å². The van der Waals surface area contributed by atoms with E-state index in [1.54, 1.807) is 0 Å². The quantitative estimate of drug-likeness (QED) is 0.568. The van der Waals surface area contributed by atoms with Crippen molar-refractivity contribution in [3.8, 4) is 5.75 Å². The van der Waals surface area contributed by atoms with Crippen molar-refractivity contribution in [1.29, 1.82) is 0 Å². The standard InChI is InChI=1S/C10H11F3N2O3/c11-10(12,13)5-18-4-9(17)15-8-2-1-6(16)3-7(8)14/h1-3,16H,4-5,14H2,(H,15,17). The number of alkyl halides is 3. The number of rotatable bonds is 4. The van der Waals surface area contributed by atoms with Gasteiger partial charge in [-0.25, -0.2) is 0 Å². The molecule has 0 aliphatic heterocycles. The smallest absolute Gasteiger partial charge is 0.411 e. The summed E-state index contributed by atoms with van der Waals surface area (Å²) >= 11 is 0.